The molecule has 0 N–H and O–H groups in total. The van der Waals surface area contributed by atoms with E-state index in [0.29, 0.717) is 15.8 Å². The van der Waals surface area contributed by atoms with E-state index in [4.69, 9.17) is 4.74 Å². The Bertz CT molecular complexity index is 959. The number of nitro benzene ring substituents is 1. The lowest BCUT2D eigenvalue weighted by molar-refractivity contribution is -0.384. The normalized spacial score (nSPS) is 10.9. The van der Waals surface area contributed by atoms with Crippen LogP contribution in [0.15, 0.2) is 46.4 Å². The van der Waals surface area contributed by atoms with E-state index in [1.165, 1.54) is 23.1 Å². The zero-order chi connectivity index (χ0) is 20.8. The van der Waals surface area contributed by atoms with E-state index in [9.17, 15) is 20.2 Å². The summed E-state index contributed by atoms with van der Waals surface area (Å²) in [6.07, 6.45) is 1.52. The zero-order valence-electron chi connectivity index (χ0n) is 15.0. The number of benzene rings is 2. The number of carbonyl (C=O) groups is 1. The Labute approximate surface area is 184 Å². The maximum atomic E-state index is 12.0. The van der Waals surface area contributed by atoms with Gasteiger partial charge in [-0.05, 0) is 80.0 Å². The molecule has 0 fully saturated rings. The summed E-state index contributed by atoms with van der Waals surface area (Å²) in [5.41, 5.74) is 1.54. The highest BCUT2D eigenvalue weighted by Gasteiger charge is 2.14. The number of hydrogen-bond donors (Lipinski definition) is 0. The maximum Gasteiger partial charge on any atom is 0.269 e. The van der Waals surface area contributed by atoms with E-state index in [1.54, 1.807) is 38.4 Å². The van der Waals surface area contributed by atoms with Crippen molar-refractivity contribution in [2.24, 2.45) is 0 Å². The average molecular weight is 556 g/mol. The van der Waals surface area contributed by atoms with Gasteiger partial charge >= 0.3 is 0 Å². The first kappa shape index (κ1) is 21.8. The molecule has 2 aromatic carbocycles. The topological polar surface area (TPSA) is 96.5 Å². The monoisotopic (exact) mass is 555 g/mol. The molecule has 0 aromatic heterocycles. The number of nitrogens with zero attached hydrogens (tertiary/aromatic N) is 3. The third-order valence-electron chi connectivity index (χ3n) is 3.62. The Morgan fingerprint density at radius 3 is 2.50 bits per heavy atom. The predicted octanol–water partition coefficient (Wildman–Crippen LogP) is 4.54. The molecule has 0 spiro atoms. The molecule has 0 atom stereocenters. The van der Waals surface area contributed by atoms with Gasteiger partial charge in [-0.3, -0.25) is 14.9 Å². The summed E-state index contributed by atoms with van der Waals surface area (Å²) in [5.74, 6) is 0.237. The maximum absolute atomic E-state index is 12.0. The fourth-order valence-electron chi connectivity index (χ4n) is 2.22. The molecular formula is C19H15BrIN3O4. The SMILES string of the molecule is CN(C)C(=O)/C(C#N)=C\c1cc(Br)c(OCc2ccc([N+](=O)[O-])cc2)c(I)c1. The van der Waals surface area contributed by atoms with Crippen LogP contribution in [0.5, 0.6) is 5.75 Å². The van der Waals surface area contributed by atoms with Crippen molar-refractivity contribution in [1.29, 1.82) is 5.26 Å². The Balaban J connectivity index is 2.20. The van der Waals surface area contributed by atoms with Crippen LogP contribution < -0.4 is 4.74 Å². The van der Waals surface area contributed by atoms with E-state index < -0.39 is 4.92 Å². The molecule has 1 amide bonds. The van der Waals surface area contributed by atoms with Crippen molar-refractivity contribution in [3.8, 4) is 11.8 Å². The lowest BCUT2D eigenvalue weighted by Crippen LogP contribution is -2.22. The van der Waals surface area contributed by atoms with Gasteiger partial charge in [0, 0.05) is 26.2 Å². The number of nitriles is 1. The minimum absolute atomic E-state index is 0.0243. The highest BCUT2D eigenvalue weighted by molar-refractivity contribution is 14.1. The number of non-ortho nitro benzene ring substituents is 1. The molecule has 0 bridgehead atoms. The van der Waals surface area contributed by atoms with Gasteiger partial charge in [0.1, 0.15) is 24.0 Å². The van der Waals surface area contributed by atoms with E-state index in [0.717, 1.165) is 9.13 Å². The van der Waals surface area contributed by atoms with Crippen LogP contribution in [-0.2, 0) is 11.4 Å². The van der Waals surface area contributed by atoms with Crippen molar-refractivity contribution in [1.82, 2.24) is 4.90 Å². The highest BCUT2D eigenvalue weighted by Crippen LogP contribution is 2.33. The van der Waals surface area contributed by atoms with Crippen LogP contribution in [0.2, 0.25) is 0 Å². The van der Waals surface area contributed by atoms with Gasteiger partial charge in [-0.2, -0.15) is 5.26 Å². The van der Waals surface area contributed by atoms with Gasteiger partial charge in [0.15, 0.2) is 0 Å². The van der Waals surface area contributed by atoms with Gasteiger partial charge < -0.3 is 9.64 Å². The third kappa shape index (κ3) is 5.53. The number of rotatable bonds is 6. The number of halogens is 2. The number of nitro groups is 1. The summed E-state index contributed by atoms with van der Waals surface area (Å²) in [4.78, 5) is 23.6. The fraction of sp³-hybridized carbons (Fsp3) is 0.158. The molecule has 9 heteroatoms. The lowest BCUT2D eigenvalue weighted by atomic mass is 10.1. The van der Waals surface area contributed by atoms with E-state index in [-0.39, 0.29) is 23.8 Å². The quantitative estimate of drug-likeness (QED) is 0.171. The Morgan fingerprint density at radius 1 is 1.36 bits per heavy atom. The molecule has 0 aliphatic rings. The van der Waals surface area contributed by atoms with Crippen molar-refractivity contribution in [3.63, 3.8) is 0 Å². The minimum Gasteiger partial charge on any atom is -0.487 e. The lowest BCUT2D eigenvalue weighted by Gasteiger charge is -2.12. The Kier molecular flexibility index (Phi) is 7.53. The van der Waals surface area contributed by atoms with Crippen molar-refractivity contribution in [3.05, 3.63) is 71.3 Å². The number of carbonyl (C=O) groups excluding carboxylic acids is 1. The Morgan fingerprint density at radius 2 is 2.00 bits per heavy atom. The second kappa shape index (κ2) is 9.66. The fourth-order valence-corrected chi connectivity index (χ4v) is 3.99. The van der Waals surface area contributed by atoms with Gasteiger partial charge in [-0.15, -0.1) is 0 Å². The summed E-state index contributed by atoms with van der Waals surface area (Å²) in [6.45, 7) is 0.240. The first-order valence-corrected chi connectivity index (χ1v) is 9.78. The number of likely N-dealkylation sites (N-methyl/N-ethyl adjacent to an activating group) is 1. The van der Waals surface area contributed by atoms with E-state index in [1.807, 2.05) is 6.07 Å². The van der Waals surface area contributed by atoms with Gasteiger partial charge in [0.05, 0.1) is 13.0 Å². The van der Waals surface area contributed by atoms with Crippen LogP contribution in [0.4, 0.5) is 5.69 Å². The molecular weight excluding hydrogens is 541 g/mol. The minimum atomic E-state index is -0.451. The average Bonchev–Trinajstić information content (AvgIpc) is 2.65. The smallest absolute Gasteiger partial charge is 0.269 e. The number of hydrogen-bond acceptors (Lipinski definition) is 5. The molecule has 0 saturated heterocycles. The summed E-state index contributed by atoms with van der Waals surface area (Å²) in [7, 11) is 3.17. The van der Waals surface area contributed by atoms with Crippen LogP contribution in [0, 0.1) is 25.0 Å². The standard InChI is InChI=1S/C19H15BrIN3O4/c1-23(2)19(25)14(10-22)7-13-8-16(20)18(17(21)9-13)28-11-12-3-5-15(6-4-12)24(26)27/h3-9H,11H2,1-2H3/b14-7-. The van der Waals surface area contributed by atoms with Gasteiger partial charge in [-0.1, -0.05) is 0 Å². The van der Waals surface area contributed by atoms with Gasteiger partial charge in [-0.25, -0.2) is 0 Å². The third-order valence-corrected chi connectivity index (χ3v) is 5.01. The molecule has 0 unspecified atom stereocenters. The molecule has 2 aromatic rings. The molecule has 2 rings (SSSR count). The van der Waals surface area contributed by atoms with Crippen LogP contribution in [-0.4, -0.2) is 29.8 Å². The van der Waals surface area contributed by atoms with Crippen molar-refractivity contribution >= 4 is 56.2 Å². The molecule has 0 aliphatic carbocycles. The van der Waals surface area contributed by atoms with Crippen LogP contribution in [0.1, 0.15) is 11.1 Å². The second-order valence-corrected chi connectivity index (χ2v) is 7.91. The van der Waals surface area contributed by atoms with Crippen molar-refractivity contribution < 1.29 is 14.5 Å². The predicted molar refractivity (Wildman–Crippen MR) is 117 cm³/mol. The molecule has 0 saturated carbocycles. The summed E-state index contributed by atoms with van der Waals surface area (Å²) in [5, 5.41) is 19.9. The summed E-state index contributed by atoms with van der Waals surface area (Å²) < 4.78 is 7.30. The molecule has 144 valence electrons. The van der Waals surface area contributed by atoms with E-state index in [2.05, 4.69) is 38.5 Å². The van der Waals surface area contributed by atoms with Gasteiger partial charge in [0.25, 0.3) is 11.6 Å². The van der Waals surface area contributed by atoms with Crippen molar-refractivity contribution in [2.45, 2.75) is 6.61 Å². The first-order valence-electron chi connectivity index (χ1n) is 7.91. The summed E-state index contributed by atoms with van der Waals surface area (Å²) in [6, 6.07) is 11.6. The van der Waals surface area contributed by atoms with Crippen LogP contribution >= 0.6 is 38.5 Å². The molecule has 28 heavy (non-hydrogen) atoms. The van der Waals surface area contributed by atoms with Crippen LogP contribution in [0.3, 0.4) is 0 Å². The number of ether oxygens (including phenoxy) is 1. The second-order valence-electron chi connectivity index (χ2n) is 5.90. The van der Waals surface area contributed by atoms with Crippen molar-refractivity contribution in [2.75, 3.05) is 14.1 Å². The Hall–Kier alpha value is -2.45. The summed E-state index contributed by atoms with van der Waals surface area (Å²) >= 11 is 5.56. The zero-order valence-corrected chi connectivity index (χ0v) is 18.7. The largest absolute Gasteiger partial charge is 0.487 e. The van der Waals surface area contributed by atoms with Gasteiger partial charge in [0.2, 0.25) is 0 Å². The van der Waals surface area contributed by atoms with Crippen LogP contribution in [0.25, 0.3) is 6.08 Å². The molecule has 0 aliphatic heterocycles. The molecule has 0 heterocycles. The van der Waals surface area contributed by atoms with E-state index >= 15 is 0 Å². The molecule has 0 radical (unpaired) electrons. The highest BCUT2D eigenvalue weighted by atomic mass is 127. The molecule has 7 nitrogen and oxygen atoms in total. The number of amides is 1. The first-order chi connectivity index (χ1) is 13.2.